The summed E-state index contributed by atoms with van der Waals surface area (Å²) in [5.41, 5.74) is 15.9. The topological polar surface area (TPSA) is 126 Å². The molecular weight excluding hydrogens is 683 g/mol. The fourth-order valence-corrected chi connectivity index (χ4v) is 7.68. The molecule has 4 aromatic heterocycles. The highest BCUT2D eigenvalue weighted by atomic mass is 16.1. The molecule has 10 rings (SSSR count). The number of nitrogens with one attached hydrogen (secondary N) is 5. The summed E-state index contributed by atoms with van der Waals surface area (Å²) in [7, 11) is 0. The number of allylic oxidation sites excluding steroid dienone is 16. The highest BCUT2D eigenvalue weighted by Gasteiger charge is 2.25. The van der Waals surface area contributed by atoms with Crippen LogP contribution in [0.25, 0.3) is 28.4 Å². The van der Waals surface area contributed by atoms with E-state index >= 15 is 0 Å². The number of fused-ring (bicyclic) bond motifs is 9. The zero-order valence-electron chi connectivity index (χ0n) is 29.2. The summed E-state index contributed by atoms with van der Waals surface area (Å²) in [4.78, 5) is 51.7. The van der Waals surface area contributed by atoms with Crippen molar-refractivity contribution in [2.24, 2.45) is 0 Å². The van der Waals surface area contributed by atoms with E-state index in [-0.39, 0.29) is 17.3 Å². The Morgan fingerprint density at radius 1 is 0.309 bits per heavy atom. The molecule has 262 valence electrons. The van der Waals surface area contributed by atoms with Gasteiger partial charge in [0.2, 0.25) is 0 Å². The van der Waals surface area contributed by atoms with Crippen molar-refractivity contribution in [2.75, 3.05) is 5.32 Å². The van der Waals surface area contributed by atoms with Gasteiger partial charge in [-0.25, -0.2) is 0 Å². The molecule has 3 aliphatic carbocycles. The lowest BCUT2D eigenvalue weighted by molar-refractivity contribution is -0.111. The maximum atomic E-state index is 12.3. The van der Waals surface area contributed by atoms with Gasteiger partial charge in [-0.05, 0) is 119 Å². The SMILES string of the molecule is O=C1C=CC(=C2c3ccc([nH]3)C(=C3C=CC(=O)C=C3)c3ccc([nH]3)C(=C3C=Cc4ccccc4N3)c3ccc([nH]3)C(=C3C=CC(=O)C=C3)c3ccc2[nH]3)C=C1. The fourth-order valence-electron chi connectivity index (χ4n) is 7.68. The lowest BCUT2D eigenvalue weighted by atomic mass is 9.98. The van der Waals surface area contributed by atoms with Crippen LogP contribution in [0.2, 0.25) is 0 Å². The van der Waals surface area contributed by atoms with E-state index in [0.29, 0.717) is 0 Å². The van der Waals surface area contributed by atoms with Gasteiger partial charge in [-0.2, -0.15) is 0 Å². The maximum absolute atomic E-state index is 12.3. The number of carbonyl (C=O) groups excluding carboxylic acids is 3. The van der Waals surface area contributed by atoms with E-state index in [1.165, 1.54) is 0 Å². The van der Waals surface area contributed by atoms with E-state index in [1.807, 2.05) is 72.9 Å². The number of ketones is 3. The molecule has 0 fully saturated rings. The molecule has 2 aliphatic heterocycles. The second-order valence-electron chi connectivity index (χ2n) is 13.7. The van der Waals surface area contributed by atoms with E-state index in [4.69, 9.17) is 0 Å². The summed E-state index contributed by atoms with van der Waals surface area (Å²) in [6.45, 7) is 0. The molecule has 6 heterocycles. The van der Waals surface area contributed by atoms with Crippen molar-refractivity contribution in [3.63, 3.8) is 0 Å². The molecule has 0 spiro atoms. The minimum absolute atomic E-state index is 0.0675. The van der Waals surface area contributed by atoms with Crippen molar-refractivity contribution in [1.29, 1.82) is 0 Å². The van der Waals surface area contributed by atoms with Gasteiger partial charge in [0.05, 0.1) is 11.4 Å². The molecule has 5 aliphatic rings. The number of H-pyrrole nitrogens is 4. The average molecular weight is 714 g/mol. The minimum atomic E-state index is -0.0747. The standard InChI is InChI=1S/C47H31N5O3/c53-31-12-5-28(6-13-31)44-35-19-21-37(49-35)45(29-7-14-32(54)15-8-29)39-23-25-42(51-39)47(41-18-11-27-3-1-2-4-34(27)48-41)43-26-24-40(52-43)46(38-22-20-36(44)50-38)30-9-16-33(55)17-10-30/h1-26,48-52H. The summed E-state index contributed by atoms with van der Waals surface area (Å²) >= 11 is 0. The molecule has 55 heavy (non-hydrogen) atoms. The number of benzene rings is 1. The smallest absolute Gasteiger partial charge is 0.178 e. The van der Waals surface area contributed by atoms with E-state index < -0.39 is 0 Å². The lowest BCUT2D eigenvalue weighted by Crippen LogP contribution is -2.08. The first-order valence-corrected chi connectivity index (χ1v) is 18.0. The number of rotatable bonds is 0. The van der Waals surface area contributed by atoms with E-state index in [1.54, 1.807) is 36.5 Å². The molecule has 0 amide bonds. The second-order valence-corrected chi connectivity index (χ2v) is 13.7. The first-order valence-electron chi connectivity index (χ1n) is 18.0. The number of anilines is 1. The predicted octanol–water partition coefficient (Wildman–Crippen LogP) is 8.70. The third-order valence-electron chi connectivity index (χ3n) is 10.3. The van der Waals surface area contributed by atoms with Gasteiger partial charge >= 0.3 is 0 Å². The summed E-state index contributed by atoms with van der Waals surface area (Å²) < 4.78 is 0. The van der Waals surface area contributed by atoms with Gasteiger partial charge in [-0.1, -0.05) is 60.7 Å². The third kappa shape index (κ3) is 5.69. The van der Waals surface area contributed by atoms with Gasteiger partial charge in [0.15, 0.2) is 17.3 Å². The first kappa shape index (κ1) is 32.0. The zero-order chi connectivity index (χ0) is 37.0. The van der Waals surface area contributed by atoms with Crippen LogP contribution in [0, 0.1) is 0 Å². The largest absolute Gasteiger partial charge is 0.354 e. The van der Waals surface area contributed by atoms with Crippen molar-refractivity contribution in [2.45, 2.75) is 0 Å². The van der Waals surface area contributed by atoms with Gasteiger partial charge in [0.25, 0.3) is 0 Å². The maximum Gasteiger partial charge on any atom is 0.178 e. The molecule has 0 atom stereocenters. The number of para-hydroxylation sites is 1. The highest BCUT2D eigenvalue weighted by molar-refractivity contribution is 6.05. The van der Waals surface area contributed by atoms with Crippen LogP contribution in [0.4, 0.5) is 5.69 Å². The Labute approximate surface area is 315 Å². The summed E-state index contributed by atoms with van der Waals surface area (Å²) in [6.07, 6.45) is 24.7. The Hall–Kier alpha value is -7.71. The van der Waals surface area contributed by atoms with Crippen molar-refractivity contribution in [1.82, 2.24) is 19.9 Å². The molecule has 5 N–H and O–H groups in total. The molecule has 8 bridgehead atoms. The van der Waals surface area contributed by atoms with Crippen LogP contribution in [0.1, 0.15) is 51.1 Å². The van der Waals surface area contributed by atoms with Crippen LogP contribution >= 0.6 is 0 Å². The minimum Gasteiger partial charge on any atom is -0.354 e. The molecule has 8 nitrogen and oxygen atoms in total. The molecule has 0 saturated heterocycles. The number of hydrogen-bond donors (Lipinski definition) is 5. The van der Waals surface area contributed by atoms with Crippen LogP contribution < -0.4 is 5.32 Å². The Bertz CT molecular complexity index is 2690. The molecule has 8 heteroatoms. The van der Waals surface area contributed by atoms with Gasteiger partial charge in [0, 0.05) is 67.8 Å². The predicted molar refractivity (Wildman–Crippen MR) is 216 cm³/mol. The van der Waals surface area contributed by atoms with Gasteiger partial charge in [-0.15, -0.1) is 0 Å². The number of hydrogen-bond acceptors (Lipinski definition) is 4. The monoisotopic (exact) mass is 713 g/mol. The van der Waals surface area contributed by atoms with Gasteiger partial charge in [0.1, 0.15) is 0 Å². The Kier molecular flexibility index (Phi) is 7.41. The van der Waals surface area contributed by atoms with Crippen molar-refractivity contribution in [3.05, 3.63) is 225 Å². The summed E-state index contributed by atoms with van der Waals surface area (Å²) in [6, 6.07) is 24.6. The van der Waals surface area contributed by atoms with Crippen molar-refractivity contribution in [3.8, 4) is 0 Å². The van der Waals surface area contributed by atoms with Crippen molar-refractivity contribution >= 4 is 51.4 Å². The number of aromatic amines is 4. The zero-order valence-corrected chi connectivity index (χ0v) is 29.2. The summed E-state index contributed by atoms with van der Waals surface area (Å²) in [5.74, 6) is -0.210. The van der Waals surface area contributed by atoms with E-state index in [2.05, 4.69) is 73.8 Å². The van der Waals surface area contributed by atoms with E-state index in [9.17, 15) is 14.4 Å². The number of carbonyl (C=O) groups is 3. The molecule has 1 aromatic carbocycles. The quantitative estimate of drug-likeness (QED) is 0.108. The lowest BCUT2D eigenvalue weighted by Gasteiger charge is -2.19. The Morgan fingerprint density at radius 3 is 1.00 bits per heavy atom. The van der Waals surface area contributed by atoms with Crippen LogP contribution in [-0.4, -0.2) is 37.3 Å². The molecule has 0 radical (unpaired) electrons. The molecule has 5 aromatic rings. The molecule has 0 saturated carbocycles. The number of aromatic nitrogens is 4. The van der Waals surface area contributed by atoms with Crippen LogP contribution in [-0.2, 0) is 14.4 Å². The normalized spacial score (nSPS) is 17.3. The Morgan fingerprint density at radius 2 is 0.636 bits per heavy atom. The van der Waals surface area contributed by atoms with Crippen LogP contribution in [0.3, 0.4) is 0 Å². The first-order chi connectivity index (χ1) is 26.9. The van der Waals surface area contributed by atoms with Crippen LogP contribution in [0.15, 0.2) is 174 Å². The van der Waals surface area contributed by atoms with Gasteiger partial charge in [-0.3, -0.25) is 14.4 Å². The van der Waals surface area contributed by atoms with Gasteiger partial charge < -0.3 is 25.3 Å². The van der Waals surface area contributed by atoms with Crippen molar-refractivity contribution < 1.29 is 14.4 Å². The van der Waals surface area contributed by atoms with Crippen LogP contribution in [0.5, 0.6) is 0 Å². The second kappa shape index (κ2) is 12.8. The fraction of sp³-hybridized carbons (Fsp3) is 0. The average Bonchev–Trinajstić information content (AvgIpc) is 4.05. The highest BCUT2D eigenvalue weighted by Crippen LogP contribution is 2.39. The van der Waals surface area contributed by atoms with E-state index in [0.717, 1.165) is 102 Å². The molecule has 0 unspecified atom stereocenters. The third-order valence-corrected chi connectivity index (χ3v) is 10.3. The molecular formula is C47H31N5O3. The Balaban J connectivity index is 1.26. The summed E-state index contributed by atoms with van der Waals surface area (Å²) in [5, 5.41) is 3.68.